The second-order valence-electron chi connectivity index (χ2n) is 6.07. The van der Waals surface area contributed by atoms with Crippen LogP contribution in [0.15, 0.2) is 53.5 Å². The van der Waals surface area contributed by atoms with E-state index in [9.17, 15) is 10.1 Å². The minimum atomic E-state index is -0.407. The van der Waals surface area contributed by atoms with E-state index in [4.69, 9.17) is 9.47 Å². The lowest BCUT2D eigenvalue weighted by Gasteiger charge is -2.13. The van der Waals surface area contributed by atoms with Crippen LogP contribution in [0.3, 0.4) is 0 Å². The van der Waals surface area contributed by atoms with Crippen molar-refractivity contribution in [2.45, 2.75) is 19.5 Å². The Bertz CT molecular complexity index is 784. The summed E-state index contributed by atoms with van der Waals surface area (Å²) in [5.41, 5.74) is 2.04. The molecule has 0 aliphatic heterocycles. The van der Waals surface area contributed by atoms with Crippen LogP contribution in [-0.2, 0) is 17.8 Å². The predicted molar refractivity (Wildman–Crippen MR) is 124 cm³/mol. The standard InChI is InChI=1S/C20H26N4O4.HI/c1-27-12-4-11-21-20(23-15-17-5-3-6-19(13-17)28-2)22-14-16-7-9-18(10-8-16)24(25)26;/h3,5-10,13H,4,11-12,14-15H2,1-2H3,(H2,21,22,23);1H. The molecule has 2 N–H and O–H groups in total. The number of nitrogens with one attached hydrogen (secondary N) is 2. The van der Waals surface area contributed by atoms with Crippen LogP contribution in [0, 0.1) is 10.1 Å². The van der Waals surface area contributed by atoms with Crippen molar-refractivity contribution in [2.75, 3.05) is 27.4 Å². The molecule has 0 fully saturated rings. The molecule has 2 rings (SSSR count). The van der Waals surface area contributed by atoms with Crippen molar-refractivity contribution in [1.29, 1.82) is 0 Å². The van der Waals surface area contributed by atoms with Gasteiger partial charge < -0.3 is 20.1 Å². The molecule has 0 unspecified atom stereocenters. The first-order chi connectivity index (χ1) is 13.6. The van der Waals surface area contributed by atoms with Gasteiger partial charge in [0.15, 0.2) is 5.96 Å². The van der Waals surface area contributed by atoms with Crippen LogP contribution in [0.4, 0.5) is 5.69 Å². The van der Waals surface area contributed by atoms with Crippen molar-refractivity contribution < 1.29 is 14.4 Å². The molecule has 0 aliphatic rings. The van der Waals surface area contributed by atoms with Gasteiger partial charge in [0.25, 0.3) is 5.69 Å². The number of nitro groups is 1. The first-order valence-corrected chi connectivity index (χ1v) is 8.99. The Kier molecular flexibility index (Phi) is 11.7. The first kappa shape index (κ1) is 24.6. The lowest BCUT2D eigenvalue weighted by molar-refractivity contribution is -0.384. The predicted octanol–water partition coefficient (Wildman–Crippen LogP) is 3.49. The Morgan fingerprint density at radius 1 is 1.10 bits per heavy atom. The maximum Gasteiger partial charge on any atom is 0.269 e. The molecular weight excluding hydrogens is 487 g/mol. The van der Waals surface area contributed by atoms with E-state index in [2.05, 4.69) is 15.6 Å². The summed E-state index contributed by atoms with van der Waals surface area (Å²) in [6.45, 7) is 2.39. The monoisotopic (exact) mass is 514 g/mol. The molecule has 0 heterocycles. The van der Waals surface area contributed by atoms with Gasteiger partial charge in [0.2, 0.25) is 0 Å². The van der Waals surface area contributed by atoms with Gasteiger partial charge in [0.05, 0.1) is 18.6 Å². The number of halogens is 1. The average Bonchev–Trinajstić information content (AvgIpc) is 2.73. The molecule has 2 aromatic carbocycles. The second kappa shape index (κ2) is 13.7. The molecule has 0 saturated heterocycles. The number of hydrogen-bond acceptors (Lipinski definition) is 5. The normalized spacial score (nSPS) is 10.8. The number of methoxy groups -OCH3 is 2. The van der Waals surface area contributed by atoms with E-state index in [0.29, 0.717) is 25.7 Å². The molecule has 158 valence electrons. The zero-order valence-electron chi connectivity index (χ0n) is 16.6. The topological polar surface area (TPSA) is 98.0 Å². The van der Waals surface area contributed by atoms with Crippen molar-refractivity contribution in [2.24, 2.45) is 4.99 Å². The molecule has 0 radical (unpaired) electrons. The fraction of sp³-hybridized carbons (Fsp3) is 0.350. The molecule has 0 aliphatic carbocycles. The second-order valence-corrected chi connectivity index (χ2v) is 6.07. The highest BCUT2D eigenvalue weighted by Gasteiger charge is 2.05. The Labute approximate surface area is 187 Å². The Balaban J connectivity index is 0.00000420. The van der Waals surface area contributed by atoms with Crippen LogP contribution in [0.1, 0.15) is 17.5 Å². The number of hydrogen-bond donors (Lipinski definition) is 2. The summed E-state index contributed by atoms with van der Waals surface area (Å²) in [4.78, 5) is 15.0. The molecule has 0 saturated carbocycles. The molecular formula is C20H27IN4O4. The van der Waals surface area contributed by atoms with Crippen LogP contribution in [0.25, 0.3) is 0 Å². The van der Waals surface area contributed by atoms with Crippen LogP contribution in [0.5, 0.6) is 5.75 Å². The summed E-state index contributed by atoms with van der Waals surface area (Å²) < 4.78 is 10.3. The quantitative estimate of drug-likeness (QED) is 0.126. The molecule has 0 aromatic heterocycles. The van der Waals surface area contributed by atoms with Crippen molar-refractivity contribution in [1.82, 2.24) is 10.6 Å². The third-order valence-electron chi connectivity index (χ3n) is 3.98. The van der Waals surface area contributed by atoms with Gasteiger partial charge in [0, 0.05) is 38.9 Å². The van der Waals surface area contributed by atoms with E-state index >= 15 is 0 Å². The van der Waals surface area contributed by atoms with Gasteiger partial charge in [-0.25, -0.2) is 4.99 Å². The maximum absolute atomic E-state index is 10.8. The summed E-state index contributed by atoms with van der Waals surface area (Å²) in [7, 11) is 3.31. The highest BCUT2D eigenvalue weighted by Crippen LogP contribution is 2.13. The number of nitrogens with zero attached hydrogens (tertiary/aromatic N) is 2. The van der Waals surface area contributed by atoms with E-state index in [-0.39, 0.29) is 29.7 Å². The first-order valence-electron chi connectivity index (χ1n) is 8.99. The largest absolute Gasteiger partial charge is 0.497 e. The molecule has 8 nitrogen and oxygen atoms in total. The Morgan fingerprint density at radius 3 is 2.52 bits per heavy atom. The van der Waals surface area contributed by atoms with Crippen LogP contribution >= 0.6 is 24.0 Å². The van der Waals surface area contributed by atoms with Crippen LogP contribution in [0.2, 0.25) is 0 Å². The van der Waals surface area contributed by atoms with Crippen LogP contribution in [-0.4, -0.2) is 38.3 Å². The summed E-state index contributed by atoms with van der Waals surface area (Å²) in [5.74, 6) is 1.46. The molecule has 9 heteroatoms. The van der Waals surface area contributed by atoms with Gasteiger partial charge in [-0.05, 0) is 29.7 Å². The minimum Gasteiger partial charge on any atom is -0.497 e. The number of nitro benzene ring substituents is 1. The van der Waals surface area contributed by atoms with E-state index in [1.807, 2.05) is 24.3 Å². The van der Waals surface area contributed by atoms with E-state index in [1.165, 1.54) is 12.1 Å². The number of rotatable bonds is 10. The van der Waals surface area contributed by atoms with E-state index < -0.39 is 4.92 Å². The lowest BCUT2D eigenvalue weighted by atomic mass is 10.2. The smallest absolute Gasteiger partial charge is 0.269 e. The highest BCUT2D eigenvalue weighted by atomic mass is 127. The summed E-state index contributed by atoms with van der Waals surface area (Å²) in [5, 5.41) is 17.3. The molecule has 2 aromatic rings. The third-order valence-corrected chi connectivity index (χ3v) is 3.98. The molecule has 29 heavy (non-hydrogen) atoms. The van der Waals surface area contributed by atoms with Crippen molar-refractivity contribution in [3.63, 3.8) is 0 Å². The lowest BCUT2D eigenvalue weighted by Crippen LogP contribution is -2.37. The van der Waals surface area contributed by atoms with Gasteiger partial charge >= 0.3 is 0 Å². The summed E-state index contributed by atoms with van der Waals surface area (Å²) in [6, 6.07) is 14.2. The van der Waals surface area contributed by atoms with Gasteiger partial charge in [0.1, 0.15) is 5.75 Å². The highest BCUT2D eigenvalue weighted by molar-refractivity contribution is 14.0. The van der Waals surface area contributed by atoms with E-state index in [0.717, 1.165) is 29.8 Å². The SMILES string of the molecule is COCCCNC(=NCc1cccc(OC)c1)NCc1ccc([N+](=O)[O-])cc1.I. The average molecular weight is 514 g/mol. The minimum absolute atomic E-state index is 0. The van der Waals surface area contributed by atoms with Crippen molar-refractivity contribution in [3.05, 3.63) is 69.8 Å². The third kappa shape index (κ3) is 9.09. The fourth-order valence-corrected chi connectivity index (χ4v) is 2.46. The zero-order valence-corrected chi connectivity index (χ0v) is 18.9. The van der Waals surface area contributed by atoms with Crippen molar-refractivity contribution >= 4 is 35.6 Å². The Morgan fingerprint density at radius 2 is 1.86 bits per heavy atom. The summed E-state index contributed by atoms with van der Waals surface area (Å²) >= 11 is 0. The maximum atomic E-state index is 10.8. The molecule has 0 atom stereocenters. The van der Waals surface area contributed by atoms with Crippen molar-refractivity contribution in [3.8, 4) is 5.75 Å². The number of guanidine groups is 1. The molecule has 0 bridgehead atoms. The van der Waals surface area contributed by atoms with Gasteiger partial charge in [-0.1, -0.05) is 24.3 Å². The van der Waals surface area contributed by atoms with Crippen LogP contribution < -0.4 is 15.4 Å². The van der Waals surface area contributed by atoms with Gasteiger partial charge in [-0.15, -0.1) is 24.0 Å². The van der Waals surface area contributed by atoms with Gasteiger partial charge in [-0.3, -0.25) is 10.1 Å². The number of non-ortho nitro benzene ring substituents is 1. The Hall–Kier alpha value is -2.40. The number of aliphatic imine (C=N–C) groups is 1. The number of benzene rings is 2. The zero-order chi connectivity index (χ0) is 20.2. The number of ether oxygens (including phenoxy) is 2. The molecule has 0 spiro atoms. The fourth-order valence-electron chi connectivity index (χ4n) is 2.46. The molecule has 0 amide bonds. The van der Waals surface area contributed by atoms with E-state index in [1.54, 1.807) is 26.4 Å². The summed E-state index contributed by atoms with van der Waals surface area (Å²) in [6.07, 6.45) is 0.855. The van der Waals surface area contributed by atoms with Gasteiger partial charge in [-0.2, -0.15) is 0 Å².